The molecule has 0 N–H and O–H groups in total. The third kappa shape index (κ3) is 3.29. The fourth-order valence-corrected chi connectivity index (χ4v) is 4.28. The van der Waals surface area contributed by atoms with Gasteiger partial charge in [0.25, 0.3) is 0 Å². The van der Waals surface area contributed by atoms with Crippen molar-refractivity contribution < 1.29 is 9.53 Å². The molecule has 3 aliphatic heterocycles. The Morgan fingerprint density at radius 1 is 1.13 bits per heavy atom. The monoisotopic (exact) mass is 314 g/mol. The molecule has 3 atom stereocenters. The Balaban J connectivity index is 1.34. The highest BCUT2D eigenvalue weighted by Crippen LogP contribution is 2.33. The molecule has 0 unspecified atom stereocenters. The Labute approximate surface area is 138 Å². The molecule has 3 saturated heterocycles. The lowest BCUT2D eigenvalue weighted by molar-refractivity contribution is -0.137. The number of benzene rings is 1. The summed E-state index contributed by atoms with van der Waals surface area (Å²) in [7, 11) is 0. The molecule has 4 heteroatoms. The standard InChI is InChI=1S/C19H26N2O2/c22-19(21-9-4-5-10-21)17-12-16-13-20(14-18(17)23-16)11-8-15-6-2-1-3-7-15/h1-3,6-7,16-18H,4-5,8-14H2/t16-,17+,18+/m0/s1. The third-order valence-corrected chi connectivity index (χ3v) is 5.53. The fraction of sp³-hybridized carbons (Fsp3) is 0.632. The highest BCUT2D eigenvalue weighted by atomic mass is 16.5. The van der Waals surface area contributed by atoms with Crippen LogP contribution in [0.3, 0.4) is 0 Å². The van der Waals surface area contributed by atoms with E-state index in [-0.39, 0.29) is 18.1 Å². The van der Waals surface area contributed by atoms with Gasteiger partial charge in [-0.1, -0.05) is 30.3 Å². The van der Waals surface area contributed by atoms with E-state index in [1.807, 2.05) is 0 Å². The van der Waals surface area contributed by atoms with Gasteiger partial charge in [0.1, 0.15) is 0 Å². The van der Waals surface area contributed by atoms with Crippen molar-refractivity contribution in [2.75, 3.05) is 32.7 Å². The van der Waals surface area contributed by atoms with Crippen LogP contribution in [0.25, 0.3) is 0 Å². The molecule has 3 fully saturated rings. The number of hydrogen-bond acceptors (Lipinski definition) is 3. The van der Waals surface area contributed by atoms with Crippen LogP contribution in [0.2, 0.25) is 0 Å². The zero-order chi connectivity index (χ0) is 15.6. The van der Waals surface area contributed by atoms with Crippen LogP contribution in [0.15, 0.2) is 30.3 Å². The zero-order valence-electron chi connectivity index (χ0n) is 13.7. The van der Waals surface area contributed by atoms with Crippen molar-refractivity contribution in [3.05, 3.63) is 35.9 Å². The van der Waals surface area contributed by atoms with Crippen molar-refractivity contribution in [3.8, 4) is 0 Å². The maximum Gasteiger partial charge on any atom is 0.228 e. The number of ether oxygens (including phenoxy) is 1. The topological polar surface area (TPSA) is 32.8 Å². The van der Waals surface area contributed by atoms with E-state index in [1.165, 1.54) is 5.56 Å². The van der Waals surface area contributed by atoms with Crippen LogP contribution < -0.4 is 0 Å². The third-order valence-electron chi connectivity index (χ3n) is 5.53. The average Bonchev–Trinajstić information content (AvgIpc) is 3.21. The molecule has 23 heavy (non-hydrogen) atoms. The van der Waals surface area contributed by atoms with Gasteiger partial charge >= 0.3 is 0 Å². The molecule has 0 aromatic heterocycles. The molecule has 0 saturated carbocycles. The molecular formula is C19H26N2O2. The van der Waals surface area contributed by atoms with Crippen LogP contribution in [-0.4, -0.2) is 60.6 Å². The van der Waals surface area contributed by atoms with E-state index < -0.39 is 0 Å². The first-order chi connectivity index (χ1) is 11.3. The SMILES string of the molecule is O=C([C@@H]1C[C@H]2CN(CCc3ccccc3)C[C@H]1O2)N1CCCC1. The van der Waals surface area contributed by atoms with Gasteiger partial charge < -0.3 is 9.64 Å². The predicted octanol–water partition coefficient (Wildman–Crippen LogP) is 1.94. The summed E-state index contributed by atoms with van der Waals surface area (Å²) in [5.41, 5.74) is 1.39. The first-order valence-electron chi connectivity index (χ1n) is 9.00. The summed E-state index contributed by atoms with van der Waals surface area (Å²) in [6.07, 6.45) is 4.68. The number of rotatable bonds is 4. The Bertz CT molecular complexity index is 542. The van der Waals surface area contributed by atoms with Gasteiger partial charge in [-0.2, -0.15) is 0 Å². The van der Waals surface area contributed by atoms with E-state index in [1.54, 1.807) is 0 Å². The van der Waals surface area contributed by atoms with Gasteiger partial charge in [0.15, 0.2) is 0 Å². The second-order valence-corrected chi connectivity index (χ2v) is 7.17. The van der Waals surface area contributed by atoms with Crippen LogP contribution >= 0.6 is 0 Å². The number of nitrogens with zero attached hydrogens (tertiary/aromatic N) is 2. The summed E-state index contributed by atoms with van der Waals surface area (Å²) < 4.78 is 6.08. The molecular weight excluding hydrogens is 288 g/mol. The number of carbonyl (C=O) groups excluding carboxylic acids is 1. The molecule has 0 aliphatic carbocycles. The second-order valence-electron chi connectivity index (χ2n) is 7.17. The largest absolute Gasteiger partial charge is 0.371 e. The molecule has 4 rings (SSSR count). The highest BCUT2D eigenvalue weighted by Gasteiger charge is 2.45. The highest BCUT2D eigenvalue weighted by molar-refractivity contribution is 5.80. The van der Waals surface area contributed by atoms with E-state index in [9.17, 15) is 4.79 Å². The number of amides is 1. The van der Waals surface area contributed by atoms with Crippen LogP contribution in [0, 0.1) is 5.92 Å². The number of morpholine rings is 1. The lowest BCUT2D eigenvalue weighted by Crippen LogP contribution is -2.46. The van der Waals surface area contributed by atoms with E-state index in [0.717, 1.165) is 58.4 Å². The average molecular weight is 314 g/mol. The summed E-state index contributed by atoms with van der Waals surface area (Å²) in [4.78, 5) is 17.3. The van der Waals surface area contributed by atoms with Crippen molar-refractivity contribution in [2.24, 2.45) is 5.92 Å². The second kappa shape index (κ2) is 6.62. The van der Waals surface area contributed by atoms with E-state index in [0.29, 0.717) is 5.91 Å². The Hall–Kier alpha value is -1.39. The van der Waals surface area contributed by atoms with Gasteiger partial charge in [-0.15, -0.1) is 0 Å². The van der Waals surface area contributed by atoms with Gasteiger partial charge in [0.05, 0.1) is 18.1 Å². The maximum atomic E-state index is 12.7. The molecule has 0 radical (unpaired) electrons. The van der Waals surface area contributed by atoms with E-state index in [4.69, 9.17) is 4.74 Å². The van der Waals surface area contributed by atoms with Gasteiger partial charge in [-0.05, 0) is 31.2 Å². The number of carbonyl (C=O) groups is 1. The molecule has 1 amide bonds. The smallest absolute Gasteiger partial charge is 0.228 e. The Kier molecular flexibility index (Phi) is 4.36. The molecule has 124 valence electrons. The number of likely N-dealkylation sites (tertiary alicyclic amines) is 2. The molecule has 3 heterocycles. The van der Waals surface area contributed by atoms with Crippen molar-refractivity contribution in [3.63, 3.8) is 0 Å². The van der Waals surface area contributed by atoms with Crippen LogP contribution in [0.1, 0.15) is 24.8 Å². The summed E-state index contributed by atoms with van der Waals surface area (Å²) in [5, 5.41) is 0. The lowest BCUT2D eigenvalue weighted by Gasteiger charge is -2.33. The number of fused-ring (bicyclic) bond motifs is 2. The van der Waals surface area contributed by atoms with Gasteiger partial charge in [0, 0.05) is 32.7 Å². The number of hydrogen-bond donors (Lipinski definition) is 0. The minimum absolute atomic E-state index is 0.0971. The lowest BCUT2D eigenvalue weighted by atomic mass is 9.99. The van der Waals surface area contributed by atoms with Crippen molar-refractivity contribution in [1.82, 2.24) is 9.80 Å². The van der Waals surface area contributed by atoms with Crippen molar-refractivity contribution in [2.45, 2.75) is 37.9 Å². The van der Waals surface area contributed by atoms with Gasteiger partial charge in [-0.3, -0.25) is 9.69 Å². The van der Waals surface area contributed by atoms with Gasteiger partial charge in [0.2, 0.25) is 5.91 Å². The molecule has 1 aromatic rings. The molecule has 1 aromatic carbocycles. The van der Waals surface area contributed by atoms with Crippen molar-refractivity contribution in [1.29, 1.82) is 0 Å². The zero-order valence-corrected chi connectivity index (χ0v) is 13.7. The van der Waals surface area contributed by atoms with Crippen LogP contribution in [0.4, 0.5) is 0 Å². The van der Waals surface area contributed by atoms with Crippen LogP contribution in [0.5, 0.6) is 0 Å². The summed E-state index contributed by atoms with van der Waals surface area (Å²) in [5.74, 6) is 0.444. The molecule has 2 bridgehead atoms. The van der Waals surface area contributed by atoms with Crippen molar-refractivity contribution >= 4 is 5.91 Å². The molecule has 0 spiro atoms. The van der Waals surface area contributed by atoms with Crippen LogP contribution in [-0.2, 0) is 16.0 Å². The maximum absolute atomic E-state index is 12.7. The summed E-state index contributed by atoms with van der Waals surface area (Å²) >= 11 is 0. The van der Waals surface area contributed by atoms with E-state index in [2.05, 4.69) is 40.1 Å². The first-order valence-corrected chi connectivity index (χ1v) is 9.00. The summed E-state index contributed by atoms with van der Waals surface area (Å²) in [6, 6.07) is 10.6. The Morgan fingerprint density at radius 3 is 2.70 bits per heavy atom. The minimum Gasteiger partial charge on any atom is -0.371 e. The minimum atomic E-state index is 0.0971. The predicted molar refractivity (Wildman–Crippen MR) is 89.2 cm³/mol. The molecule has 3 aliphatic rings. The summed E-state index contributed by atoms with van der Waals surface area (Å²) in [6.45, 7) is 4.85. The molecule has 4 nitrogen and oxygen atoms in total. The normalized spacial score (nSPS) is 30.8. The van der Waals surface area contributed by atoms with Gasteiger partial charge in [-0.25, -0.2) is 0 Å². The fourth-order valence-electron chi connectivity index (χ4n) is 4.28. The Morgan fingerprint density at radius 2 is 1.91 bits per heavy atom. The quantitative estimate of drug-likeness (QED) is 0.851. The first kappa shape index (κ1) is 15.2. The van der Waals surface area contributed by atoms with E-state index >= 15 is 0 Å².